The number of amides is 1. The predicted octanol–water partition coefficient (Wildman–Crippen LogP) is 4.83. The maximum atomic E-state index is 12.4. The molecule has 0 aliphatic carbocycles. The minimum atomic E-state index is -0.611. The number of nitrogens with one attached hydrogen (secondary N) is 1. The highest BCUT2D eigenvalue weighted by atomic mass is 79.9. The van der Waals surface area contributed by atoms with Crippen LogP contribution >= 0.6 is 27.3 Å². The summed E-state index contributed by atoms with van der Waals surface area (Å²) in [6, 6.07) is 5.38. The predicted molar refractivity (Wildman–Crippen MR) is 119 cm³/mol. The summed E-state index contributed by atoms with van der Waals surface area (Å²) >= 11 is 4.37. The molecule has 0 bridgehead atoms. The van der Waals surface area contributed by atoms with Crippen molar-refractivity contribution < 1.29 is 28.6 Å². The summed E-state index contributed by atoms with van der Waals surface area (Å²) in [4.78, 5) is 37.3. The largest absolute Gasteiger partial charge is 0.496 e. The van der Waals surface area contributed by atoms with Gasteiger partial charge in [0.2, 0.25) is 5.91 Å². The van der Waals surface area contributed by atoms with Gasteiger partial charge in [0.25, 0.3) is 0 Å². The van der Waals surface area contributed by atoms with E-state index in [9.17, 15) is 14.4 Å². The third-order valence-electron chi connectivity index (χ3n) is 3.93. The molecule has 30 heavy (non-hydrogen) atoms. The van der Waals surface area contributed by atoms with Gasteiger partial charge in [-0.05, 0) is 66.0 Å². The van der Waals surface area contributed by atoms with Crippen LogP contribution in [-0.2, 0) is 14.3 Å². The first-order valence-corrected chi connectivity index (χ1v) is 10.7. The summed E-state index contributed by atoms with van der Waals surface area (Å²) in [5.41, 5.74) is 1.34. The molecular weight excluding hydrogens is 474 g/mol. The van der Waals surface area contributed by atoms with Crippen molar-refractivity contribution in [2.24, 2.45) is 0 Å². The minimum absolute atomic E-state index is 0.152. The quantitative estimate of drug-likeness (QED) is 0.416. The molecule has 1 amide bonds. The third-order valence-corrected chi connectivity index (χ3v) is 5.73. The lowest BCUT2D eigenvalue weighted by atomic mass is 10.1. The summed E-state index contributed by atoms with van der Waals surface area (Å²) < 4.78 is 16.0. The number of esters is 2. The standard InChI is InChI=1S/C21H22BrNO6S/c1-5-28-20(25)17-12(3)18(21(26)29-6-2)30-19(17)23-16(24)10-8-13-7-9-15(27-4)14(22)11-13/h7-11H,5-6H2,1-4H3,(H,23,24). The average molecular weight is 496 g/mol. The molecule has 1 heterocycles. The molecule has 0 atom stereocenters. The van der Waals surface area contributed by atoms with Crippen LogP contribution in [0.25, 0.3) is 6.08 Å². The smallest absolute Gasteiger partial charge is 0.348 e. The molecule has 9 heteroatoms. The van der Waals surface area contributed by atoms with Crippen molar-refractivity contribution in [1.82, 2.24) is 0 Å². The SMILES string of the molecule is CCOC(=O)c1sc(NC(=O)C=Cc2ccc(OC)c(Br)c2)c(C(=O)OCC)c1C. The topological polar surface area (TPSA) is 90.9 Å². The maximum Gasteiger partial charge on any atom is 0.348 e. The Morgan fingerprint density at radius 1 is 1.13 bits per heavy atom. The number of ether oxygens (including phenoxy) is 3. The van der Waals surface area contributed by atoms with Crippen LogP contribution < -0.4 is 10.1 Å². The molecule has 0 radical (unpaired) electrons. The first-order valence-electron chi connectivity index (χ1n) is 9.12. The molecule has 160 valence electrons. The lowest BCUT2D eigenvalue weighted by Crippen LogP contribution is -2.13. The van der Waals surface area contributed by atoms with Gasteiger partial charge in [0, 0.05) is 6.08 Å². The molecule has 1 N–H and O–H groups in total. The van der Waals surface area contributed by atoms with Crippen LogP contribution in [0.2, 0.25) is 0 Å². The number of anilines is 1. The van der Waals surface area contributed by atoms with Gasteiger partial charge in [0.05, 0.1) is 30.4 Å². The van der Waals surface area contributed by atoms with E-state index in [-0.39, 0.29) is 28.7 Å². The Morgan fingerprint density at radius 2 is 1.80 bits per heavy atom. The molecule has 2 aromatic rings. The zero-order valence-electron chi connectivity index (χ0n) is 17.0. The number of hydrogen-bond donors (Lipinski definition) is 1. The molecule has 0 aliphatic heterocycles. The molecule has 0 fully saturated rings. The van der Waals surface area contributed by atoms with Gasteiger partial charge in [-0.1, -0.05) is 6.07 Å². The summed E-state index contributed by atoms with van der Waals surface area (Å²) in [6.45, 7) is 5.36. The van der Waals surface area contributed by atoms with Gasteiger partial charge in [-0.25, -0.2) is 9.59 Å². The van der Waals surface area contributed by atoms with E-state index >= 15 is 0 Å². The second-order valence-electron chi connectivity index (χ2n) is 5.92. The van der Waals surface area contributed by atoms with Gasteiger partial charge in [0.15, 0.2) is 0 Å². The number of halogens is 1. The third kappa shape index (κ3) is 5.70. The van der Waals surface area contributed by atoms with Gasteiger partial charge in [-0.15, -0.1) is 11.3 Å². The highest BCUT2D eigenvalue weighted by molar-refractivity contribution is 9.10. The number of rotatable bonds is 8. The fourth-order valence-electron chi connectivity index (χ4n) is 2.55. The van der Waals surface area contributed by atoms with Crippen molar-refractivity contribution in [2.75, 3.05) is 25.6 Å². The highest BCUT2D eigenvalue weighted by Gasteiger charge is 2.27. The van der Waals surface area contributed by atoms with Crippen LogP contribution in [0.3, 0.4) is 0 Å². The van der Waals surface area contributed by atoms with Crippen molar-refractivity contribution in [2.45, 2.75) is 20.8 Å². The molecule has 0 aliphatic rings. The van der Waals surface area contributed by atoms with Crippen molar-refractivity contribution >= 4 is 56.2 Å². The van der Waals surface area contributed by atoms with Crippen molar-refractivity contribution in [3.8, 4) is 5.75 Å². The molecule has 7 nitrogen and oxygen atoms in total. The van der Waals surface area contributed by atoms with Gasteiger partial charge in [-0.3, -0.25) is 4.79 Å². The van der Waals surface area contributed by atoms with Gasteiger partial charge in [0.1, 0.15) is 15.6 Å². The summed E-state index contributed by atoms with van der Waals surface area (Å²) in [5, 5.41) is 2.90. The number of hydrogen-bond acceptors (Lipinski definition) is 7. The zero-order chi connectivity index (χ0) is 22.3. The van der Waals surface area contributed by atoms with Gasteiger partial charge < -0.3 is 19.5 Å². The Hall–Kier alpha value is -2.65. The monoisotopic (exact) mass is 495 g/mol. The van der Waals surface area contributed by atoms with E-state index in [0.29, 0.717) is 11.3 Å². The Morgan fingerprint density at radius 3 is 2.40 bits per heavy atom. The Kier molecular flexibility index (Phi) is 8.61. The maximum absolute atomic E-state index is 12.4. The van der Waals surface area contributed by atoms with Crippen molar-refractivity contribution in [3.05, 3.63) is 50.3 Å². The first-order chi connectivity index (χ1) is 14.3. The van der Waals surface area contributed by atoms with E-state index in [1.807, 2.05) is 0 Å². The van der Waals surface area contributed by atoms with Crippen LogP contribution in [0.15, 0.2) is 28.7 Å². The fraction of sp³-hybridized carbons (Fsp3) is 0.286. The summed E-state index contributed by atoms with van der Waals surface area (Å²) in [6.07, 6.45) is 2.96. The van der Waals surface area contributed by atoms with Crippen LogP contribution in [0.5, 0.6) is 5.75 Å². The summed E-state index contributed by atoms with van der Waals surface area (Å²) in [7, 11) is 1.57. The van der Waals surface area contributed by atoms with E-state index in [1.165, 1.54) is 6.08 Å². The first kappa shape index (κ1) is 23.6. The highest BCUT2D eigenvalue weighted by Crippen LogP contribution is 2.34. The molecule has 0 unspecified atom stereocenters. The number of carbonyl (C=O) groups is 3. The number of thiophene rings is 1. The van der Waals surface area contributed by atoms with Crippen LogP contribution in [0, 0.1) is 6.92 Å². The molecule has 2 rings (SSSR count). The summed E-state index contributed by atoms with van der Waals surface area (Å²) in [5.74, 6) is -0.940. The second kappa shape index (κ2) is 10.9. The van der Waals surface area contributed by atoms with Crippen LogP contribution in [0.1, 0.15) is 45.0 Å². The van der Waals surface area contributed by atoms with Gasteiger partial charge >= 0.3 is 11.9 Å². The average Bonchev–Trinajstić information content (AvgIpc) is 3.02. The molecule has 0 spiro atoms. The molecule has 1 aromatic heterocycles. The van der Waals surface area contributed by atoms with E-state index in [4.69, 9.17) is 14.2 Å². The van der Waals surface area contributed by atoms with E-state index in [1.54, 1.807) is 52.2 Å². The van der Waals surface area contributed by atoms with Gasteiger partial charge in [-0.2, -0.15) is 0 Å². The Bertz CT molecular complexity index is 982. The normalized spacial score (nSPS) is 10.7. The lowest BCUT2D eigenvalue weighted by molar-refractivity contribution is -0.111. The van der Waals surface area contributed by atoms with Crippen LogP contribution in [0.4, 0.5) is 5.00 Å². The second-order valence-corrected chi connectivity index (χ2v) is 7.79. The molecule has 0 saturated carbocycles. The van der Waals surface area contributed by atoms with E-state index in [2.05, 4.69) is 21.2 Å². The number of carbonyl (C=O) groups excluding carboxylic acids is 3. The fourth-order valence-corrected chi connectivity index (χ4v) is 4.20. The Labute approximate surface area is 187 Å². The lowest BCUT2D eigenvalue weighted by Gasteiger charge is -2.06. The zero-order valence-corrected chi connectivity index (χ0v) is 19.4. The van der Waals surface area contributed by atoms with Crippen LogP contribution in [-0.4, -0.2) is 38.2 Å². The molecular formula is C21H22BrNO6S. The molecule has 1 aromatic carbocycles. The van der Waals surface area contributed by atoms with Crippen molar-refractivity contribution in [3.63, 3.8) is 0 Å². The number of methoxy groups -OCH3 is 1. The van der Waals surface area contributed by atoms with E-state index < -0.39 is 17.8 Å². The van der Waals surface area contributed by atoms with Crippen molar-refractivity contribution in [1.29, 1.82) is 0 Å². The minimum Gasteiger partial charge on any atom is -0.496 e. The number of benzene rings is 1. The van der Waals surface area contributed by atoms with E-state index in [0.717, 1.165) is 21.4 Å². The molecule has 0 saturated heterocycles. The Balaban J connectivity index is 2.28.